The van der Waals surface area contributed by atoms with Crippen LogP contribution in [0.2, 0.25) is 0 Å². The summed E-state index contributed by atoms with van der Waals surface area (Å²) in [6, 6.07) is 20.5. The molecule has 9 nitrogen and oxygen atoms in total. The van der Waals surface area contributed by atoms with E-state index in [1.165, 1.54) is 11.3 Å². The van der Waals surface area contributed by atoms with Crippen molar-refractivity contribution in [1.29, 1.82) is 0 Å². The number of hydrogen-bond donors (Lipinski definition) is 2. The van der Waals surface area contributed by atoms with Crippen LogP contribution in [-0.4, -0.2) is 61.6 Å². The highest BCUT2D eigenvalue weighted by Gasteiger charge is 2.28. The van der Waals surface area contributed by atoms with E-state index >= 15 is 0 Å². The molecule has 2 saturated heterocycles. The number of aromatic nitrogens is 1. The monoisotopic (exact) mass is 607 g/mol. The summed E-state index contributed by atoms with van der Waals surface area (Å²) >= 11 is 1.47. The molecule has 0 saturated carbocycles. The van der Waals surface area contributed by atoms with Crippen LogP contribution in [0.25, 0.3) is 10.4 Å². The van der Waals surface area contributed by atoms with Crippen molar-refractivity contribution in [2.75, 3.05) is 48.0 Å². The molecule has 0 bridgehead atoms. The van der Waals surface area contributed by atoms with Gasteiger partial charge in [-0.05, 0) is 79.8 Å². The first-order valence-electron chi connectivity index (χ1n) is 15.1. The summed E-state index contributed by atoms with van der Waals surface area (Å²) in [4.78, 5) is 50.1. The minimum atomic E-state index is -0.226. The lowest BCUT2D eigenvalue weighted by Gasteiger charge is -2.23. The number of anilines is 3. The van der Waals surface area contributed by atoms with E-state index in [1.807, 2.05) is 35.2 Å². The minimum absolute atomic E-state index is 0.0484. The zero-order chi connectivity index (χ0) is 30.0. The highest BCUT2D eigenvalue weighted by atomic mass is 32.1. The van der Waals surface area contributed by atoms with Gasteiger partial charge < -0.3 is 25.2 Å². The molecule has 2 aromatic carbocycles. The molecule has 224 valence electrons. The number of ether oxygens (including phenoxy) is 1. The summed E-state index contributed by atoms with van der Waals surface area (Å²) < 4.78 is 5.40. The molecule has 0 aliphatic carbocycles. The molecule has 2 aromatic heterocycles. The molecular formula is C34H33N5O4S. The molecule has 7 rings (SSSR count). The topological polar surface area (TPSA) is 104 Å². The largest absolute Gasteiger partial charge is 0.379 e. The van der Waals surface area contributed by atoms with E-state index in [1.54, 1.807) is 42.6 Å². The first-order chi connectivity index (χ1) is 21.5. The van der Waals surface area contributed by atoms with Gasteiger partial charge in [-0.2, -0.15) is 0 Å². The second-order valence-corrected chi connectivity index (χ2v) is 12.4. The second kappa shape index (κ2) is 12.2. The fraction of sp³-hybridized carbons (Fsp3) is 0.294. The van der Waals surface area contributed by atoms with Gasteiger partial charge in [0.05, 0.1) is 28.8 Å². The molecule has 10 heteroatoms. The number of benzene rings is 2. The number of rotatable bonds is 6. The Labute approximate surface area is 259 Å². The number of hydrogen-bond acceptors (Lipinski definition) is 7. The van der Waals surface area contributed by atoms with Gasteiger partial charge in [0.2, 0.25) is 0 Å². The number of nitrogens with one attached hydrogen (secondary N) is 2. The van der Waals surface area contributed by atoms with Gasteiger partial charge in [-0.3, -0.25) is 14.4 Å². The third-order valence-electron chi connectivity index (χ3n) is 8.41. The maximum absolute atomic E-state index is 13.9. The van der Waals surface area contributed by atoms with E-state index in [2.05, 4.69) is 20.5 Å². The normalized spacial score (nSPS) is 17.5. The van der Waals surface area contributed by atoms with E-state index in [0.717, 1.165) is 54.0 Å². The van der Waals surface area contributed by atoms with Crippen molar-refractivity contribution in [2.45, 2.75) is 31.7 Å². The van der Waals surface area contributed by atoms with Crippen LogP contribution in [0, 0.1) is 0 Å². The molecule has 3 aliphatic heterocycles. The van der Waals surface area contributed by atoms with Gasteiger partial charge in [0.25, 0.3) is 17.7 Å². The minimum Gasteiger partial charge on any atom is -0.379 e. The predicted molar refractivity (Wildman–Crippen MR) is 172 cm³/mol. The molecule has 1 atom stereocenters. The lowest BCUT2D eigenvalue weighted by atomic mass is 10.1. The van der Waals surface area contributed by atoms with E-state index in [9.17, 15) is 14.4 Å². The number of fused-ring (bicyclic) bond motifs is 3. The van der Waals surface area contributed by atoms with Crippen molar-refractivity contribution < 1.29 is 19.1 Å². The van der Waals surface area contributed by atoms with Gasteiger partial charge in [-0.1, -0.05) is 18.2 Å². The molecule has 0 unspecified atom stereocenters. The number of para-hydroxylation sites is 1. The number of carbonyl (C=O) groups is 3. The molecule has 3 amide bonds. The molecule has 2 fully saturated rings. The molecule has 2 N–H and O–H groups in total. The summed E-state index contributed by atoms with van der Waals surface area (Å²) in [6.45, 7) is 3.50. The lowest BCUT2D eigenvalue weighted by Crippen LogP contribution is -2.34. The van der Waals surface area contributed by atoms with Crippen molar-refractivity contribution in [3.05, 3.63) is 94.5 Å². The van der Waals surface area contributed by atoms with Gasteiger partial charge in [0.15, 0.2) is 0 Å². The number of nitrogens with zero attached hydrogens (tertiary/aromatic N) is 3. The molecule has 0 spiro atoms. The molecule has 44 heavy (non-hydrogen) atoms. The zero-order valence-corrected chi connectivity index (χ0v) is 25.1. The third kappa shape index (κ3) is 5.58. The molecular weight excluding hydrogens is 574 g/mol. The molecule has 5 heterocycles. The number of carbonyl (C=O) groups excluding carboxylic acids is 3. The van der Waals surface area contributed by atoms with Crippen LogP contribution in [-0.2, 0) is 11.2 Å². The lowest BCUT2D eigenvalue weighted by molar-refractivity contribution is 0.0932. The van der Waals surface area contributed by atoms with Crippen LogP contribution in [0.4, 0.5) is 17.2 Å². The van der Waals surface area contributed by atoms with Crippen LogP contribution in [0.1, 0.15) is 55.2 Å². The number of pyridine rings is 1. The Kier molecular flexibility index (Phi) is 7.84. The second-order valence-electron chi connectivity index (χ2n) is 11.3. The Hall–Kier alpha value is -4.54. The highest BCUT2D eigenvalue weighted by molar-refractivity contribution is 7.17. The van der Waals surface area contributed by atoms with Crippen LogP contribution in [0.3, 0.4) is 0 Å². The van der Waals surface area contributed by atoms with Gasteiger partial charge >= 0.3 is 0 Å². The summed E-state index contributed by atoms with van der Waals surface area (Å²) in [7, 11) is 0. The maximum atomic E-state index is 13.9. The summed E-state index contributed by atoms with van der Waals surface area (Å²) in [5.74, 6) is 0.287. The Balaban J connectivity index is 1.08. The van der Waals surface area contributed by atoms with E-state index in [4.69, 9.17) is 4.74 Å². The van der Waals surface area contributed by atoms with Crippen molar-refractivity contribution in [3.63, 3.8) is 0 Å². The Morgan fingerprint density at radius 2 is 1.75 bits per heavy atom. The number of thiophene rings is 1. The summed E-state index contributed by atoms with van der Waals surface area (Å²) in [6.07, 6.45) is 5.36. The smallest absolute Gasteiger partial charge is 0.261 e. The average molecular weight is 608 g/mol. The maximum Gasteiger partial charge on any atom is 0.261 e. The van der Waals surface area contributed by atoms with Crippen molar-refractivity contribution in [1.82, 2.24) is 10.3 Å². The Morgan fingerprint density at radius 1 is 0.932 bits per heavy atom. The average Bonchev–Trinajstić information content (AvgIpc) is 3.84. The van der Waals surface area contributed by atoms with Crippen molar-refractivity contribution in [3.8, 4) is 10.4 Å². The molecule has 4 aromatic rings. The molecule has 0 radical (unpaired) electrons. The molecule has 3 aliphatic rings. The fourth-order valence-corrected chi connectivity index (χ4v) is 7.28. The van der Waals surface area contributed by atoms with Crippen LogP contribution >= 0.6 is 11.3 Å². The van der Waals surface area contributed by atoms with E-state index < -0.39 is 0 Å². The summed E-state index contributed by atoms with van der Waals surface area (Å²) in [5.41, 5.74) is 4.49. The van der Waals surface area contributed by atoms with Crippen LogP contribution in [0.5, 0.6) is 0 Å². The SMILES string of the molecule is O=C(N[C@@H]1CCOC1)c1cc2c(s1)-c1ccccc1N(C(=O)c1ccc(NC(=O)c3cccnc3N3CCCC3)cc1)CC2. The van der Waals surface area contributed by atoms with E-state index in [-0.39, 0.29) is 23.8 Å². The standard InChI is InChI=1S/C34H33N5O4S/c40-32(27-7-5-15-35-31(27)38-16-3-4-17-38)36-24-11-9-22(10-12-24)34(42)39-18-13-23-20-29(33(41)37-25-14-19-43-21-25)44-30(23)26-6-1-2-8-28(26)39/h1-2,5-12,15,20,25H,3-4,13-14,16-19,21H2,(H,36,40)(H,37,41)/t25-/m1/s1. The number of amides is 3. The highest BCUT2D eigenvalue weighted by Crippen LogP contribution is 2.42. The Morgan fingerprint density at radius 3 is 2.55 bits per heavy atom. The van der Waals surface area contributed by atoms with E-state index in [0.29, 0.717) is 53.7 Å². The van der Waals surface area contributed by atoms with Gasteiger partial charge in [0, 0.05) is 54.1 Å². The van der Waals surface area contributed by atoms with Crippen LogP contribution < -0.4 is 20.4 Å². The quantitative estimate of drug-likeness (QED) is 0.305. The summed E-state index contributed by atoms with van der Waals surface area (Å²) in [5, 5.41) is 6.05. The third-order valence-corrected chi connectivity index (χ3v) is 9.62. The Bertz CT molecular complexity index is 1710. The fourth-order valence-electron chi connectivity index (χ4n) is 6.13. The van der Waals surface area contributed by atoms with Crippen molar-refractivity contribution in [2.24, 2.45) is 0 Å². The predicted octanol–water partition coefficient (Wildman–Crippen LogP) is 5.38. The van der Waals surface area contributed by atoms with Gasteiger partial charge in [-0.25, -0.2) is 4.98 Å². The zero-order valence-electron chi connectivity index (χ0n) is 24.3. The van der Waals surface area contributed by atoms with Crippen LogP contribution in [0.15, 0.2) is 72.9 Å². The van der Waals surface area contributed by atoms with Gasteiger partial charge in [-0.15, -0.1) is 11.3 Å². The first-order valence-corrected chi connectivity index (χ1v) is 15.9. The first kappa shape index (κ1) is 28.2. The van der Waals surface area contributed by atoms with Gasteiger partial charge in [0.1, 0.15) is 5.82 Å². The van der Waals surface area contributed by atoms with Crippen molar-refractivity contribution >= 4 is 46.3 Å².